The summed E-state index contributed by atoms with van der Waals surface area (Å²) in [6, 6.07) is 3.03. The van der Waals surface area contributed by atoms with Crippen LogP contribution in [-0.4, -0.2) is 69.3 Å². The minimum atomic E-state index is -3.62. The number of hydrogen-bond donors (Lipinski definition) is 3. The van der Waals surface area contributed by atoms with Gasteiger partial charge >= 0.3 is 0 Å². The smallest absolute Gasteiger partial charge is 0.242 e. The summed E-state index contributed by atoms with van der Waals surface area (Å²) in [5, 5.41) is 6.06. The Morgan fingerprint density at radius 3 is 2.38 bits per heavy atom. The molecule has 10 nitrogen and oxygen atoms in total. The molecule has 3 aliphatic rings. The molecule has 2 amide bonds. The molecular weight excluding hydrogens is 547 g/mol. The van der Waals surface area contributed by atoms with Gasteiger partial charge in [-0.2, -0.15) is 0 Å². The van der Waals surface area contributed by atoms with Crippen LogP contribution < -0.4 is 15.4 Å². The topological polar surface area (TPSA) is 133 Å². The molecule has 1 aliphatic heterocycles. The number of carbonyl (C=O) groups is 2. The second-order valence-electron chi connectivity index (χ2n) is 7.84. The molecule has 4 rings (SSSR count). The number of hydrogen-bond acceptors (Lipinski definition) is 6. The number of allylic oxidation sites excluding steroid dienone is 2. The molecule has 2 aliphatic carbocycles. The molecular formula is C20H27IN6O4S. The number of pyridine rings is 1. The molecule has 2 heterocycles. The molecule has 3 N–H and O–H groups in total. The zero-order valence-electron chi connectivity index (χ0n) is 17.6. The maximum atomic E-state index is 12.7. The third-order valence-electron chi connectivity index (χ3n) is 6.07. The first-order valence-electron chi connectivity index (χ1n) is 10.3. The van der Waals surface area contributed by atoms with Gasteiger partial charge in [-0.1, -0.05) is 12.2 Å². The molecule has 32 heavy (non-hydrogen) atoms. The van der Waals surface area contributed by atoms with Crippen LogP contribution in [0.2, 0.25) is 0 Å². The number of rotatable bonds is 8. The van der Waals surface area contributed by atoms with E-state index in [4.69, 9.17) is 0 Å². The number of likely N-dealkylation sites (tertiary alicyclic amines) is 1. The average Bonchev–Trinajstić information content (AvgIpc) is 3.45. The van der Waals surface area contributed by atoms with Crippen molar-refractivity contribution in [2.75, 3.05) is 33.2 Å². The fraction of sp³-hybridized carbons (Fsp3) is 0.500. The van der Waals surface area contributed by atoms with Crippen LogP contribution in [-0.2, 0) is 19.6 Å². The summed E-state index contributed by atoms with van der Waals surface area (Å²) in [6.45, 7) is 1.10. The number of sulfonamides is 1. The number of imide groups is 1. The monoisotopic (exact) mass is 574 g/mol. The highest BCUT2D eigenvalue weighted by atomic mass is 127. The highest BCUT2D eigenvalue weighted by Gasteiger charge is 2.58. The molecule has 0 spiro atoms. The van der Waals surface area contributed by atoms with Crippen LogP contribution in [0.3, 0.4) is 0 Å². The molecule has 1 aromatic rings. The van der Waals surface area contributed by atoms with Crippen LogP contribution in [0.4, 0.5) is 0 Å². The van der Waals surface area contributed by atoms with Crippen LogP contribution in [0.1, 0.15) is 6.42 Å². The van der Waals surface area contributed by atoms with Crippen molar-refractivity contribution in [3.63, 3.8) is 0 Å². The fourth-order valence-electron chi connectivity index (χ4n) is 4.65. The Hall–Kier alpha value is -2.06. The third kappa shape index (κ3) is 4.81. The van der Waals surface area contributed by atoms with Crippen LogP contribution in [0.5, 0.6) is 0 Å². The molecule has 4 unspecified atom stereocenters. The maximum Gasteiger partial charge on any atom is 0.242 e. The van der Waals surface area contributed by atoms with E-state index in [2.05, 4.69) is 37.5 Å². The lowest BCUT2D eigenvalue weighted by Gasteiger charge is -2.18. The summed E-state index contributed by atoms with van der Waals surface area (Å²) >= 11 is 0. The quantitative estimate of drug-likeness (QED) is 0.0991. The van der Waals surface area contributed by atoms with E-state index in [0.29, 0.717) is 19.0 Å². The Labute approximate surface area is 204 Å². The summed E-state index contributed by atoms with van der Waals surface area (Å²) in [7, 11) is -2.02. The molecule has 2 bridgehead atoms. The van der Waals surface area contributed by atoms with Gasteiger partial charge in [0.15, 0.2) is 5.96 Å². The standard InChI is InChI=1S/C20H26N6O4S.HI/c1-21-20(23-7-8-25-31(29,30)15-3-2-6-22-12-15)24-9-10-26-18(27)16-13-4-5-14(11-13)17(16)19(26)28;/h2-6,12-14,16-17,25H,7-11H2,1H3,(H2,21,23,24);1H. The maximum absolute atomic E-state index is 12.7. The van der Waals surface area contributed by atoms with Gasteiger partial charge < -0.3 is 10.6 Å². The Morgan fingerprint density at radius 1 is 1.12 bits per heavy atom. The van der Waals surface area contributed by atoms with Gasteiger partial charge in [0.05, 0.1) is 11.8 Å². The van der Waals surface area contributed by atoms with Crippen molar-refractivity contribution in [2.24, 2.45) is 28.7 Å². The lowest BCUT2D eigenvalue weighted by atomic mass is 9.85. The summed E-state index contributed by atoms with van der Waals surface area (Å²) in [5.74, 6) is 0.355. The number of halogens is 1. The minimum Gasteiger partial charge on any atom is -0.355 e. The molecule has 1 saturated heterocycles. The molecule has 1 saturated carbocycles. The number of carbonyl (C=O) groups excluding carboxylic acids is 2. The summed E-state index contributed by atoms with van der Waals surface area (Å²) < 4.78 is 26.8. The summed E-state index contributed by atoms with van der Waals surface area (Å²) in [6.07, 6.45) is 7.86. The van der Waals surface area contributed by atoms with E-state index >= 15 is 0 Å². The Balaban J connectivity index is 0.00000289. The molecule has 0 aromatic carbocycles. The number of amides is 2. The third-order valence-corrected chi connectivity index (χ3v) is 7.51. The highest BCUT2D eigenvalue weighted by Crippen LogP contribution is 2.52. The number of guanidine groups is 1. The van der Waals surface area contributed by atoms with Crippen molar-refractivity contribution < 1.29 is 18.0 Å². The first kappa shape index (κ1) is 24.6. The zero-order valence-corrected chi connectivity index (χ0v) is 20.7. The van der Waals surface area contributed by atoms with Crippen LogP contribution in [0, 0.1) is 23.7 Å². The lowest BCUT2D eigenvalue weighted by Crippen LogP contribution is -2.45. The van der Waals surface area contributed by atoms with Gasteiger partial charge in [-0.05, 0) is 30.4 Å². The van der Waals surface area contributed by atoms with Gasteiger partial charge in [0, 0.05) is 45.6 Å². The van der Waals surface area contributed by atoms with E-state index in [9.17, 15) is 18.0 Å². The molecule has 174 valence electrons. The van der Waals surface area contributed by atoms with E-state index in [1.54, 1.807) is 13.1 Å². The van der Waals surface area contributed by atoms with E-state index in [-0.39, 0.29) is 77.4 Å². The predicted octanol–water partition coefficient (Wildman–Crippen LogP) is -0.0500. The first-order valence-corrected chi connectivity index (χ1v) is 11.8. The van der Waals surface area contributed by atoms with Crippen molar-refractivity contribution in [1.29, 1.82) is 0 Å². The molecule has 1 aromatic heterocycles. The predicted molar refractivity (Wildman–Crippen MR) is 129 cm³/mol. The van der Waals surface area contributed by atoms with Crippen LogP contribution in [0.25, 0.3) is 0 Å². The molecule has 2 fully saturated rings. The number of fused-ring (bicyclic) bond motifs is 5. The molecule has 4 atom stereocenters. The average molecular weight is 574 g/mol. The van der Waals surface area contributed by atoms with Crippen molar-refractivity contribution in [3.05, 3.63) is 36.7 Å². The second-order valence-corrected chi connectivity index (χ2v) is 9.61. The van der Waals surface area contributed by atoms with Crippen molar-refractivity contribution in [1.82, 2.24) is 25.2 Å². The number of aromatic nitrogens is 1. The van der Waals surface area contributed by atoms with Gasteiger partial charge in [-0.25, -0.2) is 13.1 Å². The Bertz CT molecular complexity index is 986. The Morgan fingerprint density at radius 2 is 1.78 bits per heavy atom. The van der Waals surface area contributed by atoms with Crippen LogP contribution >= 0.6 is 24.0 Å². The minimum absolute atomic E-state index is 0. The van der Waals surface area contributed by atoms with Gasteiger partial charge in [-0.3, -0.25) is 24.5 Å². The van der Waals surface area contributed by atoms with Gasteiger partial charge in [0.25, 0.3) is 0 Å². The van der Waals surface area contributed by atoms with Crippen molar-refractivity contribution >= 4 is 51.8 Å². The zero-order chi connectivity index (χ0) is 22.0. The number of nitrogens with zero attached hydrogens (tertiary/aromatic N) is 3. The lowest BCUT2D eigenvalue weighted by molar-refractivity contribution is -0.140. The normalized spacial score (nSPS) is 26.3. The molecule has 12 heteroatoms. The van der Waals surface area contributed by atoms with Crippen molar-refractivity contribution in [2.45, 2.75) is 11.3 Å². The van der Waals surface area contributed by atoms with Gasteiger partial charge in [0.1, 0.15) is 4.90 Å². The van der Waals surface area contributed by atoms with E-state index < -0.39 is 10.0 Å². The SMILES string of the molecule is CN=C(NCCNS(=O)(=O)c1cccnc1)NCCN1C(=O)C2C3C=CC(C3)C2C1=O.I. The largest absolute Gasteiger partial charge is 0.355 e. The van der Waals surface area contributed by atoms with Crippen molar-refractivity contribution in [3.8, 4) is 0 Å². The van der Waals surface area contributed by atoms with Gasteiger partial charge in [-0.15, -0.1) is 24.0 Å². The van der Waals surface area contributed by atoms with E-state index in [0.717, 1.165) is 6.42 Å². The summed E-state index contributed by atoms with van der Waals surface area (Å²) in [4.78, 5) is 34.7. The van der Waals surface area contributed by atoms with E-state index in [1.165, 1.54) is 23.4 Å². The molecule has 0 radical (unpaired) electrons. The Kier molecular flexibility index (Phi) is 7.88. The fourth-order valence-corrected chi connectivity index (χ4v) is 5.64. The number of aliphatic imine (C=N–C) groups is 1. The summed E-state index contributed by atoms with van der Waals surface area (Å²) in [5.41, 5.74) is 0. The highest BCUT2D eigenvalue weighted by molar-refractivity contribution is 14.0. The van der Waals surface area contributed by atoms with Gasteiger partial charge in [0.2, 0.25) is 21.8 Å². The van der Waals surface area contributed by atoms with Crippen LogP contribution in [0.15, 0.2) is 46.6 Å². The second kappa shape index (κ2) is 10.3. The van der Waals surface area contributed by atoms with E-state index in [1.807, 2.05) is 0 Å². The first-order chi connectivity index (χ1) is 14.9. The number of nitrogens with one attached hydrogen (secondary N) is 3.